The lowest BCUT2D eigenvalue weighted by molar-refractivity contribution is -0.148. The second-order valence-corrected chi connectivity index (χ2v) is 6.45. The van der Waals surface area contributed by atoms with Gasteiger partial charge in [0.05, 0.1) is 7.11 Å². The third kappa shape index (κ3) is 5.94. The number of carbonyl (C=O) groups excluding carboxylic acids is 2. The van der Waals surface area contributed by atoms with E-state index in [2.05, 4.69) is 10.3 Å². The van der Waals surface area contributed by atoms with Crippen LogP contribution in [0, 0.1) is 25.2 Å². The number of amides is 1. The molecule has 0 saturated heterocycles. The molecular formula is C21H23N3O5. The van der Waals surface area contributed by atoms with Crippen LogP contribution in [0.3, 0.4) is 0 Å². The normalized spacial score (nSPS) is 10.1. The summed E-state index contributed by atoms with van der Waals surface area (Å²) < 4.78 is 10.1. The quantitative estimate of drug-likeness (QED) is 0.654. The van der Waals surface area contributed by atoms with Gasteiger partial charge in [-0.15, -0.1) is 0 Å². The fraction of sp³-hybridized carbons (Fsp3) is 0.333. The zero-order valence-corrected chi connectivity index (χ0v) is 16.6. The van der Waals surface area contributed by atoms with Gasteiger partial charge in [-0.2, -0.15) is 5.26 Å². The molecular weight excluding hydrogens is 374 g/mol. The van der Waals surface area contributed by atoms with Crippen molar-refractivity contribution in [2.24, 2.45) is 0 Å². The number of rotatable bonds is 8. The average Bonchev–Trinajstić information content (AvgIpc) is 2.71. The van der Waals surface area contributed by atoms with Crippen molar-refractivity contribution in [3.05, 3.63) is 62.6 Å². The van der Waals surface area contributed by atoms with Gasteiger partial charge in [-0.1, -0.05) is 12.1 Å². The lowest BCUT2D eigenvalue weighted by Crippen LogP contribution is -2.28. The molecule has 8 nitrogen and oxygen atoms in total. The highest BCUT2D eigenvalue weighted by Gasteiger charge is 2.14. The van der Waals surface area contributed by atoms with Crippen LogP contribution < -0.4 is 15.6 Å². The first-order valence-corrected chi connectivity index (χ1v) is 9.03. The number of hydrogen-bond acceptors (Lipinski definition) is 6. The van der Waals surface area contributed by atoms with Gasteiger partial charge in [-0.3, -0.25) is 14.4 Å². The Labute approximate surface area is 168 Å². The van der Waals surface area contributed by atoms with Crippen LogP contribution in [0.4, 0.5) is 0 Å². The number of nitrogens with one attached hydrogen (secondary N) is 2. The van der Waals surface area contributed by atoms with Crippen molar-refractivity contribution >= 4 is 11.9 Å². The van der Waals surface area contributed by atoms with E-state index in [-0.39, 0.29) is 18.6 Å². The predicted molar refractivity (Wildman–Crippen MR) is 105 cm³/mol. The van der Waals surface area contributed by atoms with E-state index in [1.807, 2.05) is 18.2 Å². The topological polar surface area (TPSA) is 121 Å². The van der Waals surface area contributed by atoms with Gasteiger partial charge in [0.25, 0.3) is 11.5 Å². The molecule has 0 aliphatic carbocycles. The average molecular weight is 397 g/mol. The summed E-state index contributed by atoms with van der Waals surface area (Å²) in [5.74, 6) is -0.214. The number of ether oxygens (including phenoxy) is 2. The van der Waals surface area contributed by atoms with Crippen molar-refractivity contribution < 1.29 is 19.1 Å². The first-order valence-electron chi connectivity index (χ1n) is 9.03. The van der Waals surface area contributed by atoms with Crippen LogP contribution in [0.5, 0.6) is 5.75 Å². The summed E-state index contributed by atoms with van der Waals surface area (Å²) in [7, 11) is 1.58. The summed E-state index contributed by atoms with van der Waals surface area (Å²) in [6.45, 7) is 3.33. The Morgan fingerprint density at radius 2 is 1.90 bits per heavy atom. The number of H-pyrrole nitrogens is 1. The number of hydrogen-bond donors (Lipinski definition) is 2. The largest absolute Gasteiger partial charge is 0.497 e. The van der Waals surface area contributed by atoms with Crippen molar-refractivity contribution in [3.63, 3.8) is 0 Å². The summed E-state index contributed by atoms with van der Waals surface area (Å²) in [5.41, 5.74) is 2.37. The van der Waals surface area contributed by atoms with Crippen LogP contribution in [0.2, 0.25) is 0 Å². The van der Waals surface area contributed by atoms with Crippen molar-refractivity contribution in [1.82, 2.24) is 10.3 Å². The minimum atomic E-state index is -0.534. The van der Waals surface area contributed by atoms with E-state index in [4.69, 9.17) is 14.7 Å². The van der Waals surface area contributed by atoms with Gasteiger partial charge in [0.1, 0.15) is 17.4 Å². The van der Waals surface area contributed by atoms with Crippen molar-refractivity contribution in [2.45, 2.75) is 33.2 Å². The van der Waals surface area contributed by atoms with E-state index in [1.54, 1.807) is 33.1 Å². The fourth-order valence-electron chi connectivity index (χ4n) is 2.86. The van der Waals surface area contributed by atoms with Gasteiger partial charge in [-0.25, -0.2) is 0 Å². The van der Waals surface area contributed by atoms with Crippen LogP contribution in [0.15, 0.2) is 29.1 Å². The van der Waals surface area contributed by atoms with E-state index in [1.165, 1.54) is 0 Å². The molecule has 2 N–H and O–H groups in total. The number of esters is 1. The van der Waals surface area contributed by atoms with E-state index in [0.29, 0.717) is 24.2 Å². The highest BCUT2D eigenvalue weighted by atomic mass is 16.5. The number of carbonyl (C=O) groups is 2. The summed E-state index contributed by atoms with van der Waals surface area (Å²) in [6.07, 6.45) is 0.333. The molecule has 29 heavy (non-hydrogen) atoms. The fourth-order valence-corrected chi connectivity index (χ4v) is 2.86. The molecule has 0 aliphatic rings. The molecule has 1 heterocycles. The molecule has 0 radical (unpaired) electrons. The minimum Gasteiger partial charge on any atom is -0.497 e. The number of nitrogens with zero attached hydrogens (tertiary/aromatic N) is 1. The van der Waals surface area contributed by atoms with Gasteiger partial charge in [0, 0.05) is 18.7 Å². The third-order valence-electron chi connectivity index (χ3n) is 4.51. The van der Waals surface area contributed by atoms with Crippen LogP contribution in [-0.4, -0.2) is 30.6 Å². The molecule has 2 aromatic rings. The second kappa shape index (κ2) is 10.1. The molecule has 1 aromatic heterocycles. The Bertz CT molecular complexity index is 987. The first kappa shape index (κ1) is 21.7. The molecule has 0 saturated carbocycles. The maximum Gasteiger partial charge on any atom is 0.306 e. The number of aryl methyl sites for hydroxylation is 1. The van der Waals surface area contributed by atoms with Gasteiger partial charge in [-0.05, 0) is 49.1 Å². The van der Waals surface area contributed by atoms with Gasteiger partial charge < -0.3 is 19.8 Å². The maximum atomic E-state index is 12.0. The van der Waals surface area contributed by atoms with Crippen LogP contribution in [-0.2, 0) is 27.3 Å². The lowest BCUT2D eigenvalue weighted by Gasteiger charge is -2.11. The number of benzene rings is 1. The second-order valence-electron chi connectivity index (χ2n) is 6.45. The van der Waals surface area contributed by atoms with Crippen molar-refractivity contribution in [1.29, 1.82) is 5.26 Å². The van der Waals surface area contributed by atoms with Gasteiger partial charge in [0.15, 0.2) is 6.61 Å². The van der Waals surface area contributed by atoms with E-state index < -0.39 is 17.4 Å². The van der Waals surface area contributed by atoms with Gasteiger partial charge in [0.2, 0.25) is 0 Å². The molecule has 0 spiro atoms. The zero-order chi connectivity index (χ0) is 21.4. The van der Waals surface area contributed by atoms with E-state index in [0.717, 1.165) is 16.9 Å². The standard InChI is InChI=1S/C21H23N3O5/c1-13-17(14(2)24-21(27)18(13)10-22)8-9-20(26)29-12-19(25)23-11-15-4-6-16(28-3)7-5-15/h4-7H,8-9,11-12H2,1-3H3,(H,23,25)(H,24,27). The summed E-state index contributed by atoms with van der Waals surface area (Å²) >= 11 is 0. The Morgan fingerprint density at radius 3 is 2.52 bits per heavy atom. The number of nitriles is 1. The van der Waals surface area contributed by atoms with Crippen molar-refractivity contribution in [3.8, 4) is 11.8 Å². The molecule has 152 valence electrons. The molecule has 0 aliphatic heterocycles. The van der Waals surface area contributed by atoms with Crippen molar-refractivity contribution in [2.75, 3.05) is 13.7 Å². The zero-order valence-electron chi connectivity index (χ0n) is 16.6. The van der Waals surface area contributed by atoms with Crippen LogP contribution >= 0.6 is 0 Å². The van der Waals surface area contributed by atoms with Gasteiger partial charge >= 0.3 is 5.97 Å². The number of aromatic amines is 1. The SMILES string of the molecule is COc1ccc(CNC(=O)COC(=O)CCc2c(C)[nH]c(=O)c(C#N)c2C)cc1. The van der Waals surface area contributed by atoms with Crippen LogP contribution in [0.25, 0.3) is 0 Å². The Hall–Kier alpha value is -3.60. The molecule has 0 fully saturated rings. The highest BCUT2D eigenvalue weighted by molar-refractivity contribution is 5.80. The molecule has 0 unspecified atom stereocenters. The van der Waals surface area contributed by atoms with E-state index >= 15 is 0 Å². The molecule has 0 bridgehead atoms. The summed E-state index contributed by atoms with van der Waals surface area (Å²) in [4.78, 5) is 38.2. The van der Waals surface area contributed by atoms with E-state index in [9.17, 15) is 14.4 Å². The minimum absolute atomic E-state index is 0.0321. The highest BCUT2D eigenvalue weighted by Crippen LogP contribution is 2.15. The maximum absolute atomic E-state index is 12.0. The predicted octanol–water partition coefficient (Wildman–Crippen LogP) is 1.66. The smallest absolute Gasteiger partial charge is 0.306 e. The lowest BCUT2D eigenvalue weighted by atomic mass is 9.99. The Kier molecular flexibility index (Phi) is 7.54. The number of methoxy groups -OCH3 is 1. The molecule has 2 rings (SSSR count). The van der Waals surface area contributed by atoms with Crippen LogP contribution in [0.1, 0.15) is 34.4 Å². The monoisotopic (exact) mass is 397 g/mol. The molecule has 0 atom stereocenters. The molecule has 1 aromatic carbocycles. The Balaban J connectivity index is 1.80. The first-order chi connectivity index (χ1) is 13.8. The number of aromatic nitrogens is 1. The molecule has 1 amide bonds. The third-order valence-corrected chi connectivity index (χ3v) is 4.51. The Morgan fingerprint density at radius 1 is 1.21 bits per heavy atom. The summed E-state index contributed by atoms with van der Waals surface area (Å²) in [5, 5.41) is 11.8. The summed E-state index contributed by atoms with van der Waals surface area (Å²) in [6, 6.07) is 9.11. The molecule has 8 heteroatoms. The number of pyridine rings is 1.